The van der Waals surface area contributed by atoms with E-state index in [1.807, 2.05) is 13.8 Å². The van der Waals surface area contributed by atoms with E-state index in [0.29, 0.717) is 6.42 Å². The first-order chi connectivity index (χ1) is 7.12. The molecule has 7 heteroatoms. The number of ketones is 1. The van der Waals surface area contributed by atoms with Crippen LogP contribution in [0.4, 0.5) is 0 Å². The van der Waals surface area contributed by atoms with Crippen molar-refractivity contribution in [3.8, 4) is 0 Å². The highest BCUT2D eigenvalue weighted by molar-refractivity contribution is 9.10. The Kier molecular flexibility index (Phi) is 3.56. The van der Waals surface area contributed by atoms with Crippen LogP contribution in [0, 0.1) is 16.7 Å². The number of alkyl halides is 1. The van der Waals surface area contributed by atoms with Gasteiger partial charge in [-0.2, -0.15) is 8.42 Å². The van der Waals surface area contributed by atoms with Gasteiger partial charge in [-0.25, -0.2) is 0 Å². The van der Waals surface area contributed by atoms with Crippen LogP contribution < -0.4 is 0 Å². The largest absolute Gasteiger partial charge is 0.412 e. The first-order valence-electron chi connectivity index (χ1n) is 5.25. The van der Waals surface area contributed by atoms with Crippen LogP contribution in [0.1, 0.15) is 26.7 Å². The maximum Gasteiger partial charge on any atom is 0.265 e. The minimum absolute atomic E-state index is 0. The molecule has 0 spiro atoms. The number of hydrogen-bond donors (Lipinski definition) is 1. The Hall–Kier alpha value is 0.0200. The van der Waals surface area contributed by atoms with Crippen LogP contribution >= 0.6 is 15.9 Å². The van der Waals surface area contributed by atoms with Crippen molar-refractivity contribution in [1.82, 2.24) is 0 Å². The lowest BCUT2D eigenvalue weighted by atomic mass is 9.70. The molecule has 3 atom stereocenters. The summed E-state index contributed by atoms with van der Waals surface area (Å²) in [4.78, 5) is 11.9. The molecule has 0 aromatic carbocycles. The van der Waals surface area contributed by atoms with Crippen LogP contribution in [-0.4, -0.2) is 34.8 Å². The topological polar surface area (TPSA) is 103 Å². The van der Waals surface area contributed by atoms with Crippen molar-refractivity contribution >= 4 is 31.8 Å². The van der Waals surface area contributed by atoms with Gasteiger partial charge in [0, 0.05) is 0 Å². The lowest BCUT2D eigenvalue weighted by molar-refractivity contribution is -0.127. The zero-order valence-corrected chi connectivity index (χ0v) is 12.1. The molecule has 2 bridgehead atoms. The van der Waals surface area contributed by atoms with Gasteiger partial charge in [0.1, 0.15) is 0 Å². The van der Waals surface area contributed by atoms with Gasteiger partial charge in [0.2, 0.25) is 0 Å². The van der Waals surface area contributed by atoms with Gasteiger partial charge in [0.05, 0.1) is 16.0 Å². The highest BCUT2D eigenvalue weighted by Crippen LogP contribution is 2.65. The van der Waals surface area contributed by atoms with Gasteiger partial charge >= 0.3 is 0 Å². The summed E-state index contributed by atoms with van der Waals surface area (Å²) >= 11 is 3.35. The third kappa shape index (κ3) is 1.87. The second kappa shape index (κ2) is 4.01. The molecule has 2 saturated carbocycles. The summed E-state index contributed by atoms with van der Waals surface area (Å²) in [6.07, 6.45) is 1.40. The Morgan fingerprint density at radius 1 is 1.47 bits per heavy atom. The van der Waals surface area contributed by atoms with Crippen LogP contribution in [0.3, 0.4) is 0 Å². The van der Waals surface area contributed by atoms with Gasteiger partial charge in [-0.3, -0.25) is 9.35 Å². The average Bonchev–Trinajstić information content (AvgIpc) is 2.39. The van der Waals surface area contributed by atoms with Gasteiger partial charge in [0.25, 0.3) is 10.1 Å². The van der Waals surface area contributed by atoms with E-state index in [9.17, 15) is 13.2 Å². The molecule has 0 heterocycles. The highest BCUT2D eigenvalue weighted by atomic mass is 79.9. The summed E-state index contributed by atoms with van der Waals surface area (Å²) < 4.78 is 31.2. The molecular weight excluding hydrogens is 312 g/mol. The summed E-state index contributed by atoms with van der Waals surface area (Å²) in [7, 11) is -4.12. The fourth-order valence-corrected chi connectivity index (χ4v) is 6.12. The zero-order valence-electron chi connectivity index (χ0n) is 9.73. The van der Waals surface area contributed by atoms with Crippen LogP contribution in [0.25, 0.3) is 0 Å². The molecule has 0 aromatic rings. The molecule has 0 radical (unpaired) electrons. The van der Waals surface area contributed by atoms with E-state index in [2.05, 4.69) is 15.9 Å². The molecule has 2 aliphatic carbocycles. The summed E-state index contributed by atoms with van der Waals surface area (Å²) in [5.74, 6) is -0.335. The fraction of sp³-hybridized carbons (Fsp3) is 0.900. The second-order valence-corrected chi connectivity index (χ2v) is 7.88. The molecule has 0 unspecified atom stereocenters. The summed E-state index contributed by atoms with van der Waals surface area (Å²) in [6, 6.07) is 0. The molecule has 2 rings (SSSR count). The first-order valence-corrected chi connectivity index (χ1v) is 7.78. The molecule has 2 aliphatic rings. The fourth-order valence-electron chi connectivity index (χ4n) is 3.48. The van der Waals surface area contributed by atoms with E-state index < -0.39 is 21.3 Å². The predicted molar refractivity (Wildman–Crippen MR) is 66.7 cm³/mol. The molecule has 0 aromatic heterocycles. The molecule has 0 amide bonds. The molecule has 5 nitrogen and oxygen atoms in total. The SMILES string of the molecule is CC1(C)[C@@H]2CC[C@@]1(CS(=O)(=O)O)C(=O)[C@H]2Br.O. The number of carbonyl (C=O) groups is 1. The Morgan fingerprint density at radius 3 is 2.35 bits per heavy atom. The number of hydrogen-bond acceptors (Lipinski definition) is 3. The van der Waals surface area contributed by atoms with Crippen molar-refractivity contribution in [1.29, 1.82) is 0 Å². The maximum atomic E-state index is 12.2. The van der Waals surface area contributed by atoms with Gasteiger partial charge in [-0.1, -0.05) is 29.8 Å². The van der Waals surface area contributed by atoms with E-state index in [1.165, 1.54) is 0 Å². The van der Waals surface area contributed by atoms with E-state index in [1.54, 1.807) is 0 Å². The van der Waals surface area contributed by atoms with Crippen molar-refractivity contribution in [2.24, 2.45) is 16.7 Å². The Balaban J connectivity index is 0.00000144. The van der Waals surface area contributed by atoms with E-state index in [-0.39, 0.29) is 27.4 Å². The minimum atomic E-state index is -4.12. The standard InChI is InChI=1S/C10H15BrO4S.H2O/c1-9(2)6-3-4-10(9,5-16(13,14)15)8(12)7(6)11;/h6-7H,3-5H2,1-2H3,(H,13,14,15);1H2/t6-,7+,10-;/m1./s1. The average molecular weight is 329 g/mol. The van der Waals surface area contributed by atoms with Crippen molar-refractivity contribution in [2.45, 2.75) is 31.5 Å². The van der Waals surface area contributed by atoms with Crippen LogP contribution in [0.5, 0.6) is 0 Å². The van der Waals surface area contributed by atoms with Crippen LogP contribution in [-0.2, 0) is 14.9 Å². The highest BCUT2D eigenvalue weighted by Gasteiger charge is 2.69. The quantitative estimate of drug-likeness (QED) is 0.598. The number of rotatable bonds is 2. The minimum Gasteiger partial charge on any atom is -0.412 e. The predicted octanol–water partition coefficient (Wildman–Crippen LogP) is 0.818. The Bertz CT molecular complexity index is 444. The van der Waals surface area contributed by atoms with Crippen molar-refractivity contribution in [2.75, 3.05) is 5.75 Å². The summed E-state index contributed by atoms with van der Waals surface area (Å²) in [6.45, 7) is 3.85. The Morgan fingerprint density at radius 2 is 2.00 bits per heavy atom. The third-order valence-corrected chi connectivity index (χ3v) is 6.46. The van der Waals surface area contributed by atoms with Crippen molar-refractivity contribution in [3.63, 3.8) is 0 Å². The molecule has 2 fully saturated rings. The zero-order chi connectivity index (χ0) is 12.4. The van der Waals surface area contributed by atoms with Gasteiger partial charge in [-0.15, -0.1) is 0 Å². The number of Topliss-reactive ketones (excluding diaryl/α,β-unsaturated/α-hetero) is 1. The first kappa shape index (κ1) is 15.1. The monoisotopic (exact) mass is 328 g/mol. The molecule has 17 heavy (non-hydrogen) atoms. The third-order valence-electron chi connectivity index (χ3n) is 4.55. The van der Waals surface area contributed by atoms with E-state index >= 15 is 0 Å². The lowest BCUT2D eigenvalue weighted by Gasteiger charge is -2.35. The Labute approximate surface area is 109 Å². The van der Waals surface area contributed by atoms with E-state index in [4.69, 9.17) is 4.55 Å². The van der Waals surface area contributed by atoms with Crippen LogP contribution in [0.15, 0.2) is 0 Å². The lowest BCUT2D eigenvalue weighted by Crippen LogP contribution is -2.43. The van der Waals surface area contributed by atoms with E-state index in [0.717, 1.165) is 6.42 Å². The van der Waals surface area contributed by atoms with Crippen LogP contribution in [0.2, 0.25) is 0 Å². The normalized spacial score (nSPS) is 39.2. The van der Waals surface area contributed by atoms with Gasteiger partial charge in [-0.05, 0) is 24.2 Å². The number of halogens is 1. The number of fused-ring (bicyclic) bond motifs is 2. The van der Waals surface area contributed by atoms with Gasteiger partial charge < -0.3 is 5.48 Å². The van der Waals surface area contributed by atoms with Crippen molar-refractivity contribution < 1.29 is 23.2 Å². The molecular formula is C10H17BrO5S. The second-order valence-electron chi connectivity index (χ2n) is 5.44. The van der Waals surface area contributed by atoms with Crippen molar-refractivity contribution in [3.05, 3.63) is 0 Å². The number of carbonyl (C=O) groups excluding carboxylic acids is 1. The summed E-state index contributed by atoms with van der Waals surface area (Å²) in [5.41, 5.74) is -1.27. The van der Waals surface area contributed by atoms with Gasteiger partial charge in [0.15, 0.2) is 5.78 Å². The summed E-state index contributed by atoms with van der Waals surface area (Å²) in [5, 5.41) is 0. The maximum absolute atomic E-state index is 12.2. The molecule has 3 N–H and O–H groups in total. The molecule has 0 aliphatic heterocycles. The smallest absolute Gasteiger partial charge is 0.265 e. The molecule has 100 valence electrons. The molecule has 0 saturated heterocycles.